The standard InChI is InChI=1S/C33H31BN2/c1-32-20-7-8-21-33(32,2)36-28-19-11-18-27-29(28)34(26-17-10-15-24(32)31(26)36)25-16-9-14-23(30(25)35(27)3)22-12-5-4-6-13-22/h4-6,9-19H,7-8,20-21H2,1-3H3. The number of para-hydroxylation sites is 2. The molecule has 1 saturated carbocycles. The Hall–Kier alpha value is -3.46. The van der Waals surface area contributed by atoms with Gasteiger partial charge in [0, 0.05) is 40.8 Å². The Balaban J connectivity index is 1.47. The number of benzene rings is 4. The van der Waals surface area contributed by atoms with Crippen LogP contribution in [0.3, 0.4) is 0 Å². The van der Waals surface area contributed by atoms with Gasteiger partial charge in [0.2, 0.25) is 0 Å². The number of fused-ring (bicyclic) bond motifs is 7. The molecule has 0 radical (unpaired) electrons. The highest BCUT2D eigenvalue weighted by molar-refractivity contribution is 7.00. The van der Waals surface area contributed by atoms with E-state index in [1.165, 1.54) is 75.9 Å². The van der Waals surface area contributed by atoms with Gasteiger partial charge < -0.3 is 9.80 Å². The maximum absolute atomic E-state index is 2.78. The Morgan fingerprint density at radius 2 is 1.39 bits per heavy atom. The second kappa shape index (κ2) is 6.85. The van der Waals surface area contributed by atoms with E-state index in [0.29, 0.717) is 0 Å². The van der Waals surface area contributed by atoms with E-state index in [0.717, 1.165) is 0 Å². The zero-order chi connectivity index (χ0) is 24.2. The molecule has 0 aromatic heterocycles. The average Bonchev–Trinajstić information content (AvgIpc) is 3.13. The smallest absolute Gasteiger partial charge is 0.252 e. The van der Waals surface area contributed by atoms with Gasteiger partial charge >= 0.3 is 0 Å². The average molecular weight is 466 g/mol. The molecule has 0 bridgehead atoms. The minimum Gasteiger partial charge on any atom is -0.345 e. The van der Waals surface area contributed by atoms with Gasteiger partial charge in [0.25, 0.3) is 6.71 Å². The first kappa shape index (κ1) is 20.7. The molecule has 2 nitrogen and oxygen atoms in total. The van der Waals surface area contributed by atoms with Crippen molar-refractivity contribution in [2.75, 3.05) is 16.8 Å². The topological polar surface area (TPSA) is 6.48 Å². The van der Waals surface area contributed by atoms with Gasteiger partial charge in [-0.15, -0.1) is 0 Å². The van der Waals surface area contributed by atoms with Crippen molar-refractivity contribution in [2.24, 2.45) is 0 Å². The molecule has 0 saturated heterocycles. The van der Waals surface area contributed by atoms with E-state index in [1.807, 2.05) is 0 Å². The normalized spacial score (nSPS) is 24.7. The lowest BCUT2D eigenvalue weighted by Crippen LogP contribution is -2.64. The van der Waals surface area contributed by atoms with Crippen LogP contribution in [0.4, 0.5) is 22.7 Å². The summed E-state index contributed by atoms with van der Waals surface area (Å²) < 4.78 is 0. The summed E-state index contributed by atoms with van der Waals surface area (Å²) in [5.41, 5.74) is 14.5. The monoisotopic (exact) mass is 466 g/mol. The number of hydrogen-bond donors (Lipinski definition) is 0. The fourth-order valence-corrected chi connectivity index (χ4v) is 8.34. The third-order valence-electron chi connectivity index (χ3n) is 10.2. The van der Waals surface area contributed by atoms with Crippen molar-refractivity contribution in [2.45, 2.75) is 50.5 Å². The van der Waals surface area contributed by atoms with Crippen LogP contribution < -0.4 is 26.2 Å². The van der Waals surface area contributed by atoms with E-state index in [9.17, 15) is 0 Å². The minimum atomic E-state index is 0.106. The summed E-state index contributed by atoms with van der Waals surface area (Å²) in [6.45, 7) is 5.35. The quantitative estimate of drug-likeness (QED) is 0.317. The summed E-state index contributed by atoms with van der Waals surface area (Å²) >= 11 is 0. The van der Waals surface area contributed by atoms with Crippen molar-refractivity contribution in [3.63, 3.8) is 0 Å². The number of rotatable bonds is 1. The van der Waals surface area contributed by atoms with Crippen LogP contribution in [0.2, 0.25) is 0 Å². The van der Waals surface area contributed by atoms with Crippen LogP contribution in [0, 0.1) is 0 Å². The molecule has 3 aliphatic heterocycles. The molecule has 4 aromatic rings. The number of nitrogens with zero attached hydrogens (tertiary/aromatic N) is 2. The van der Waals surface area contributed by atoms with E-state index < -0.39 is 0 Å². The van der Waals surface area contributed by atoms with Crippen LogP contribution in [0.1, 0.15) is 45.1 Å². The van der Waals surface area contributed by atoms with Gasteiger partial charge in [-0.25, -0.2) is 0 Å². The summed E-state index contributed by atoms with van der Waals surface area (Å²) in [7, 11) is 2.26. The molecule has 2 unspecified atom stereocenters. The molecule has 176 valence electrons. The van der Waals surface area contributed by atoms with Crippen LogP contribution in [0.15, 0.2) is 84.9 Å². The molecular weight excluding hydrogens is 435 g/mol. The predicted octanol–water partition coefficient (Wildman–Crippen LogP) is 6.01. The number of anilines is 4. The predicted molar refractivity (Wildman–Crippen MR) is 154 cm³/mol. The summed E-state index contributed by atoms with van der Waals surface area (Å²) in [5, 5.41) is 0. The van der Waals surface area contributed by atoms with Crippen molar-refractivity contribution in [1.29, 1.82) is 0 Å². The van der Waals surface area contributed by atoms with Crippen molar-refractivity contribution >= 4 is 45.9 Å². The summed E-state index contributed by atoms with van der Waals surface area (Å²) in [6, 6.07) is 32.0. The maximum Gasteiger partial charge on any atom is 0.252 e. The highest BCUT2D eigenvalue weighted by atomic mass is 15.3. The molecule has 0 spiro atoms. The Bertz CT molecular complexity index is 1560. The number of hydrogen-bond acceptors (Lipinski definition) is 2. The van der Waals surface area contributed by atoms with Gasteiger partial charge in [-0.3, -0.25) is 0 Å². The zero-order valence-corrected chi connectivity index (χ0v) is 21.4. The van der Waals surface area contributed by atoms with E-state index in [2.05, 4.69) is 116 Å². The molecule has 3 heteroatoms. The Morgan fingerprint density at radius 1 is 0.694 bits per heavy atom. The summed E-state index contributed by atoms with van der Waals surface area (Å²) in [4.78, 5) is 5.24. The molecule has 36 heavy (non-hydrogen) atoms. The van der Waals surface area contributed by atoms with Crippen molar-refractivity contribution in [3.05, 3.63) is 90.5 Å². The molecule has 8 rings (SSSR count). The first-order valence-corrected chi connectivity index (χ1v) is 13.5. The van der Waals surface area contributed by atoms with E-state index in [4.69, 9.17) is 0 Å². The Morgan fingerprint density at radius 3 is 2.22 bits per heavy atom. The van der Waals surface area contributed by atoms with Gasteiger partial charge in [0.1, 0.15) is 0 Å². The first-order valence-electron chi connectivity index (χ1n) is 13.5. The molecule has 4 aromatic carbocycles. The molecule has 0 amide bonds. The lowest BCUT2D eigenvalue weighted by atomic mass is 9.33. The first-order chi connectivity index (χ1) is 17.5. The molecule has 4 aliphatic rings. The van der Waals surface area contributed by atoms with Crippen molar-refractivity contribution in [3.8, 4) is 11.1 Å². The summed E-state index contributed by atoms with van der Waals surface area (Å²) in [6.07, 6.45) is 5.15. The van der Waals surface area contributed by atoms with E-state index in [-0.39, 0.29) is 17.7 Å². The zero-order valence-electron chi connectivity index (χ0n) is 21.4. The second-order valence-electron chi connectivity index (χ2n) is 11.7. The fraction of sp³-hybridized carbons (Fsp3) is 0.273. The third kappa shape index (κ3) is 2.26. The van der Waals surface area contributed by atoms with Gasteiger partial charge in [-0.1, -0.05) is 92.6 Å². The molecule has 1 fully saturated rings. The minimum absolute atomic E-state index is 0.106. The summed E-state index contributed by atoms with van der Waals surface area (Å²) in [5.74, 6) is 0. The van der Waals surface area contributed by atoms with Crippen LogP contribution in [-0.2, 0) is 5.41 Å². The van der Waals surface area contributed by atoms with Crippen LogP contribution in [0.5, 0.6) is 0 Å². The van der Waals surface area contributed by atoms with Crippen molar-refractivity contribution < 1.29 is 0 Å². The van der Waals surface area contributed by atoms with Crippen LogP contribution >= 0.6 is 0 Å². The maximum atomic E-state index is 2.78. The SMILES string of the molecule is CN1c2cccc3c2B(c2cccc(-c4ccccc4)c21)c1cccc2c1N3C1(C)CCCCC21C. The van der Waals surface area contributed by atoms with Crippen molar-refractivity contribution in [1.82, 2.24) is 0 Å². The van der Waals surface area contributed by atoms with Crippen LogP contribution in [0.25, 0.3) is 11.1 Å². The largest absolute Gasteiger partial charge is 0.345 e. The third-order valence-corrected chi connectivity index (χ3v) is 10.2. The lowest BCUT2D eigenvalue weighted by molar-refractivity contribution is 0.195. The second-order valence-corrected chi connectivity index (χ2v) is 11.7. The lowest BCUT2D eigenvalue weighted by Gasteiger charge is -2.52. The van der Waals surface area contributed by atoms with Gasteiger partial charge in [0.05, 0.1) is 5.54 Å². The molecule has 2 atom stereocenters. The van der Waals surface area contributed by atoms with Crippen LogP contribution in [-0.4, -0.2) is 19.3 Å². The molecule has 1 aliphatic carbocycles. The molecule has 3 heterocycles. The Kier molecular flexibility index (Phi) is 3.94. The highest BCUT2D eigenvalue weighted by Crippen LogP contribution is 2.61. The fourth-order valence-electron chi connectivity index (χ4n) is 8.34. The van der Waals surface area contributed by atoms with Gasteiger partial charge in [-0.05, 0) is 59.4 Å². The molecular formula is C33H31BN2. The van der Waals surface area contributed by atoms with E-state index >= 15 is 0 Å². The Labute approximate surface area is 214 Å². The molecule has 0 N–H and O–H groups in total. The van der Waals surface area contributed by atoms with Gasteiger partial charge in [0.15, 0.2) is 0 Å². The van der Waals surface area contributed by atoms with E-state index in [1.54, 1.807) is 5.56 Å². The van der Waals surface area contributed by atoms with Gasteiger partial charge in [-0.2, -0.15) is 0 Å². The highest BCUT2D eigenvalue weighted by Gasteiger charge is 2.60.